The molecule has 0 fully saturated rings. The van der Waals surface area contributed by atoms with E-state index in [0.29, 0.717) is 6.54 Å². The Balaban J connectivity index is 1.77. The predicted molar refractivity (Wildman–Crippen MR) is 126 cm³/mol. The van der Waals surface area contributed by atoms with Gasteiger partial charge in [0.2, 0.25) is 0 Å². The normalized spacial score (nSPS) is 12.4. The Morgan fingerprint density at radius 2 is 1.88 bits per heavy atom. The van der Waals surface area contributed by atoms with E-state index in [1.807, 2.05) is 24.3 Å². The molecule has 8 heteroatoms. The van der Waals surface area contributed by atoms with E-state index in [1.54, 1.807) is 29.6 Å². The van der Waals surface area contributed by atoms with E-state index in [1.165, 1.54) is 17.3 Å². The maximum absolute atomic E-state index is 10.8. The minimum atomic E-state index is -0.835. The average Bonchev–Trinajstić information content (AvgIpc) is 3.18. The van der Waals surface area contributed by atoms with E-state index >= 15 is 0 Å². The first-order chi connectivity index (χ1) is 15.3. The van der Waals surface area contributed by atoms with Crippen LogP contribution in [-0.2, 0) is 18.4 Å². The maximum atomic E-state index is 10.8. The van der Waals surface area contributed by atoms with Gasteiger partial charge in [0.1, 0.15) is 5.75 Å². The topological polar surface area (TPSA) is 79.4 Å². The van der Waals surface area contributed by atoms with Gasteiger partial charge in [-0.05, 0) is 41.5 Å². The molecule has 32 heavy (non-hydrogen) atoms. The summed E-state index contributed by atoms with van der Waals surface area (Å²) in [6.45, 7) is 7.14. The molecule has 1 aromatic heterocycles. The molecule has 1 atom stereocenters. The smallest absolute Gasteiger partial charge is 0.302 e. The van der Waals surface area contributed by atoms with Crippen LogP contribution in [0.2, 0.25) is 0 Å². The molecule has 0 aliphatic carbocycles. The number of hydrogen-bond donors (Lipinski definition) is 0. The Bertz CT molecular complexity index is 1030. The molecule has 0 saturated heterocycles. The molecular weight excluding hydrogens is 426 g/mol. The average molecular weight is 456 g/mol. The third-order valence-electron chi connectivity index (χ3n) is 5.17. The standard InChI is InChI=1S/C24H29N3O4S/c1-24(2,3)19-12-9-18(10-13-19)11-14-20(32-22-8-6-5-7-21(22)30-4)17-26-16-15-25-23(26)31-27(28)29/h5-10,12-13,15-16,20H,11,14,17H2,1-4H3. The van der Waals surface area contributed by atoms with Gasteiger partial charge in [0.05, 0.1) is 7.11 Å². The van der Waals surface area contributed by atoms with Gasteiger partial charge >= 0.3 is 5.09 Å². The first-order valence-electron chi connectivity index (χ1n) is 10.5. The van der Waals surface area contributed by atoms with E-state index in [-0.39, 0.29) is 16.7 Å². The Morgan fingerprint density at radius 3 is 2.53 bits per heavy atom. The molecule has 0 radical (unpaired) electrons. The molecule has 2 aromatic carbocycles. The Kier molecular flexibility index (Phi) is 7.80. The number of imidazole rings is 1. The molecule has 170 valence electrons. The van der Waals surface area contributed by atoms with Crippen LogP contribution < -0.4 is 9.57 Å². The van der Waals surface area contributed by atoms with Crippen molar-refractivity contribution >= 4 is 11.8 Å². The van der Waals surface area contributed by atoms with Crippen molar-refractivity contribution in [3.8, 4) is 11.8 Å². The maximum Gasteiger partial charge on any atom is 0.302 e. The molecule has 0 spiro atoms. The largest absolute Gasteiger partial charge is 0.496 e. The van der Waals surface area contributed by atoms with Crippen LogP contribution in [0.3, 0.4) is 0 Å². The number of aryl methyl sites for hydroxylation is 1. The highest BCUT2D eigenvalue weighted by molar-refractivity contribution is 8.00. The lowest BCUT2D eigenvalue weighted by Gasteiger charge is -2.21. The fourth-order valence-electron chi connectivity index (χ4n) is 3.40. The zero-order chi connectivity index (χ0) is 23.1. The molecule has 0 bridgehead atoms. The van der Waals surface area contributed by atoms with Crippen LogP contribution in [0.1, 0.15) is 38.3 Å². The summed E-state index contributed by atoms with van der Waals surface area (Å²) in [7, 11) is 1.66. The molecule has 1 heterocycles. The van der Waals surface area contributed by atoms with Crippen LogP contribution in [0.5, 0.6) is 11.8 Å². The number of rotatable bonds is 10. The van der Waals surface area contributed by atoms with Crippen LogP contribution in [0.15, 0.2) is 65.8 Å². The van der Waals surface area contributed by atoms with Gasteiger partial charge in [0.15, 0.2) is 0 Å². The third-order valence-corrected chi connectivity index (χ3v) is 6.48. The van der Waals surface area contributed by atoms with Crippen molar-refractivity contribution in [1.29, 1.82) is 0 Å². The molecule has 3 rings (SSSR count). The summed E-state index contributed by atoms with van der Waals surface area (Å²) in [5, 5.41) is 10.1. The minimum Gasteiger partial charge on any atom is -0.496 e. The second kappa shape index (κ2) is 10.5. The van der Waals surface area contributed by atoms with Gasteiger partial charge in [-0.1, -0.05) is 57.2 Å². The van der Waals surface area contributed by atoms with Crippen LogP contribution in [-0.4, -0.2) is 27.0 Å². The van der Waals surface area contributed by atoms with Gasteiger partial charge < -0.3 is 9.30 Å². The molecule has 1 unspecified atom stereocenters. The molecule has 0 amide bonds. The molecule has 7 nitrogen and oxygen atoms in total. The summed E-state index contributed by atoms with van der Waals surface area (Å²) in [5.74, 6) is 0.810. The van der Waals surface area contributed by atoms with Crippen molar-refractivity contribution in [2.45, 2.75) is 55.7 Å². The van der Waals surface area contributed by atoms with Crippen molar-refractivity contribution < 1.29 is 14.7 Å². The number of benzene rings is 2. The fourth-order valence-corrected chi connectivity index (χ4v) is 4.65. The molecule has 0 N–H and O–H groups in total. The van der Waals surface area contributed by atoms with E-state index in [2.05, 4.69) is 54.9 Å². The summed E-state index contributed by atoms with van der Waals surface area (Å²) < 4.78 is 7.19. The van der Waals surface area contributed by atoms with Gasteiger partial charge in [-0.15, -0.1) is 21.9 Å². The van der Waals surface area contributed by atoms with Gasteiger partial charge in [-0.25, -0.2) is 9.82 Å². The van der Waals surface area contributed by atoms with Crippen molar-refractivity contribution in [1.82, 2.24) is 9.55 Å². The summed E-state index contributed by atoms with van der Waals surface area (Å²) in [4.78, 5) is 20.4. The van der Waals surface area contributed by atoms with Gasteiger partial charge in [0, 0.05) is 29.1 Å². The number of hydrogen-bond acceptors (Lipinski definition) is 6. The summed E-state index contributed by atoms with van der Waals surface area (Å²) >= 11 is 1.69. The Labute approximate surface area is 192 Å². The number of nitrogens with zero attached hydrogens (tertiary/aromatic N) is 3. The highest BCUT2D eigenvalue weighted by atomic mass is 32.2. The number of para-hydroxylation sites is 1. The highest BCUT2D eigenvalue weighted by Gasteiger charge is 2.18. The highest BCUT2D eigenvalue weighted by Crippen LogP contribution is 2.35. The summed E-state index contributed by atoms with van der Waals surface area (Å²) in [6, 6.07) is 16.6. The van der Waals surface area contributed by atoms with Crippen molar-refractivity contribution in [3.63, 3.8) is 0 Å². The number of methoxy groups -OCH3 is 1. The zero-order valence-corrected chi connectivity index (χ0v) is 19.7. The monoisotopic (exact) mass is 455 g/mol. The second-order valence-electron chi connectivity index (χ2n) is 8.55. The minimum absolute atomic E-state index is 0.0184. The van der Waals surface area contributed by atoms with Crippen molar-refractivity contribution in [2.24, 2.45) is 0 Å². The molecule has 0 aliphatic heterocycles. The number of thioether (sulfide) groups is 1. The predicted octanol–water partition coefficient (Wildman–Crippen LogP) is 5.55. The third kappa shape index (κ3) is 6.50. The van der Waals surface area contributed by atoms with E-state index < -0.39 is 5.09 Å². The van der Waals surface area contributed by atoms with Crippen molar-refractivity contribution in [3.05, 3.63) is 82.2 Å². The Hall–Kier alpha value is -3.00. The number of aromatic nitrogens is 2. The lowest BCUT2D eigenvalue weighted by molar-refractivity contribution is -0.713. The van der Waals surface area contributed by atoms with Crippen LogP contribution in [0, 0.1) is 10.1 Å². The molecule has 3 aromatic rings. The van der Waals surface area contributed by atoms with Gasteiger partial charge in [0.25, 0.3) is 6.01 Å². The second-order valence-corrected chi connectivity index (χ2v) is 9.90. The van der Waals surface area contributed by atoms with E-state index in [9.17, 15) is 10.1 Å². The lowest BCUT2D eigenvalue weighted by Crippen LogP contribution is -2.17. The molecule has 0 aliphatic rings. The van der Waals surface area contributed by atoms with Crippen LogP contribution >= 0.6 is 11.8 Å². The van der Waals surface area contributed by atoms with Crippen LogP contribution in [0.25, 0.3) is 0 Å². The lowest BCUT2D eigenvalue weighted by atomic mass is 9.86. The van der Waals surface area contributed by atoms with Crippen LogP contribution in [0.4, 0.5) is 0 Å². The first kappa shape index (κ1) is 23.7. The van der Waals surface area contributed by atoms with Gasteiger partial charge in [-0.3, -0.25) is 0 Å². The van der Waals surface area contributed by atoms with E-state index in [0.717, 1.165) is 23.5 Å². The first-order valence-corrected chi connectivity index (χ1v) is 11.4. The Morgan fingerprint density at radius 1 is 1.16 bits per heavy atom. The fraction of sp³-hybridized carbons (Fsp3) is 0.375. The van der Waals surface area contributed by atoms with Gasteiger partial charge in [-0.2, -0.15) is 0 Å². The molecule has 0 saturated carbocycles. The SMILES string of the molecule is COc1ccccc1SC(CCc1ccc(C(C)(C)C)cc1)Cn1ccnc1O[N+](=O)[O-]. The zero-order valence-electron chi connectivity index (χ0n) is 18.9. The van der Waals surface area contributed by atoms with Crippen molar-refractivity contribution in [2.75, 3.05) is 7.11 Å². The van der Waals surface area contributed by atoms with E-state index in [4.69, 9.17) is 4.74 Å². The quantitative estimate of drug-likeness (QED) is 0.226. The molecular formula is C24H29N3O4S. The number of ether oxygens (including phenoxy) is 1. The summed E-state index contributed by atoms with van der Waals surface area (Å²) in [5.41, 5.74) is 2.69. The summed E-state index contributed by atoms with van der Waals surface area (Å²) in [6.07, 6.45) is 4.96.